The normalized spacial score (nSPS) is 14.7. The molecule has 0 fully saturated rings. The van der Waals surface area contributed by atoms with Gasteiger partial charge in [0.05, 0.1) is 12.5 Å². The van der Waals surface area contributed by atoms with Gasteiger partial charge in [-0.3, -0.25) is 24.0 Å². The van der Waals surface area contributed by atoms with E-state index in [4.69, 9.17) is 21.7 Å². The number of rotatable bonds is 12. The van der Waals surface area contributed by atoms with Crippen molar-refractivity contribution in [3.63, 3.8) is 0 Å². The number of aliphatic carboxylic acids is 2. The summed E-state index contributed by atoms with van der Waals surface area (Å²) in [5, 5.41) is 24.1. The zero-order chi connectivity index (χ0) is 22.0. The SMILES string of the molecule is CC(NC(=O)C(N)CCC(=O)O)C(=O)NC(C)C(=O)NC(CC(N)=O)C(=O)O. The lowest BCUT2D eigenvalue weighted by Crippen LogP contribution is -2.55. The van der Waals surface area contributed by atoms with Crippen LogP contribution in [0.5, 0.6) is 0 Å². The Balaban J connectivity index is 4.63. The van der Waals surface area contributed by atoms with Crippen LogP contribution in [-0.4, -0.2) is 69.9 Å². The third-order valence-electron chi connectivity index (χ3n) is 3.53. The zero-order valence-corrected chi connectivity index (χ0v) is 15.4. The molecule has 0 aromatic carbocycles. The van der Waals surface area contributed by atoms with Gasteiger partial charge in [-0.25, -0.2) is 4.79 Å². The molecule has 0 aliphatic rings. The van der Waals surface area contributed by atoms with Gasteiger partial charge in [0.1, 0.15) is 18.1 Å². The summed E-state index contributed by atoms with van der Waals surface area (Å²) in [6, 6.07) is -4.95. The van der Waals surface area contributed by atoms with Crippen LogP contribution >= 0.6 is 0 Å². The molecule has 4 amide bonds. The van der Waals surface area contributed by atoms with E-state index in [0.29, 0.717) is 0 Å². The van der Waals surface area contributed by atoms with E-state index in [1.165, 1.54) is 13.8 Å². The summed E-state index contributed by atoms with van der Waals surface area (Å²) in [4.78, 5) is 68.1. The van der Waals surface area contributed by atoms with E-state index in [1.54, 1.807) is 0 Å². The second-order valence-corrected chi connectivity index (χ2v) is 6.07. The highest BCUT2D eigenvalue weighted by molar-refractivity contribution is 5.94. The minimum atomic E-state index is -1.55. The quantitative estimate of drug-likeness (QED) is 0.172. The number of carboxylic acid groups (broad SMARTS) is 2. The molecule has 0 radical (unpaired) electrons. The number of carbonyl (C=O) groups excluding carboxylic acids is 4. The van der Waals surface area contributed by atoms with Crippen LogP contribution in [0.3, 0.4) is 0 Å². The van der Waals surface area contributed by atoms with E-state index in [0.717, 1.165) is 0 Å². The Kier molecular flexibility index (Phi) is 10.2. The molecule has 9 N–H and O–H groups in total. The summed E-state index contributed by atoms with van der Waals surface area (Å²) in [7, 11) is 0. The Morgan fingerprint density at radius 3 is 1.75 bits per heavy atom. The molecular weight excluding hydrogens is 378 g/mol. The lowest BCUT2D eigenvalue weighted by molar-refractivity contribution is -0.143. The van der Waals surface area contributed by atoms with Crippen molar-refractivity contribution in [3.05, 3.63) is 0 Å². The summed E-state index contributed by atoms with van der Waals surface area (Å²) < 4.78 is 0. The van der Waals surface area contributed by atoms with Crippen LogP contribution in [0.15, 0.2) is 0 Å². The maximum atomic E-state index is 12.0. The second-order valence-electron chi connectivity index (χ2n) is 6.07. The Labute approximate surface area is 160 Å². The van der Waals surface area contributed by atoms with E-state index in [9.17, 15) is 28.8 Å². The van der Waals surface area contributed by atoms with Crippen molar-refractivity contribution in [2.45, 2.75) is 57.3 Å². The minimum absolute atomic E-state index is 0.120. The highest BCUT2D eigenvalue weighted by Crippen LogP contribution is 1.97. The van der Waals surface area contributed by atoms with Gasteiger partial charge < -0.3 is 37.6 Å². The van der Waals surface area contributed by atoms with Crippen molar-refractivity contribution in [1.82, 2.24) is 16.0 Å². The second kappa shape index (κ2) is 11.5. The topological polar surface area (TPSA) is 231 Å². The van der Waals surface area contributed by atoms with Gasteiger partial charge in [0.25, 0.3) is 0 Å². The molecule has 0 aromatic rings. The Bertz CT molecular complexity index is 638. The van der Waals surface area contributed by atoms with Gasteiger partial charge in [-0.2, -0.15) is 0 Å². The van der Waals surface area contributed by atoms with Gasteiger partial charge in [0.15, 0.2) is 0 Å². The number of nitrogens with one attached hydrogen (secondary N) is 3. The van der Waals surface area contributed by atoms with Crippen molar-refractivity contribution in [1.29, 1.82) is 0 Å². The maximum Gasteiger partial charge on any atom is 0.326 e. The van der Waals surface area contributed by atoms with E-state index >= 15 is 0 Å². The standard InChI is InChI=1S/C15H25N5O8/c1-6(19-14(26)8(16)3-4-11(22)23)12(24)18-7(2)13(25)20-9(15(27)28)5-10(17)21/h6-9H,3-5,16H2,1-2H3,(H2,17,21)(H,18,24)(H,19,26)(H,20,25)(H,22,23)(H,27,28). The summed E-state index contributed by atoms with van der Waals surface area (Å²) in [5.41, 5.74) is 10.4. The molecule has 13 nitrogen and oxygen atoms in total. The molecule has 4 atom stereocenters. The molecule has 0 spiro atoms. The highest BCUT2D eigenvalue weighted by atomic mass is 16.4. The van der Waals surface area contributed by atoms with Crippen LogP contribution in [0.2, 0.25) is 0 Å². The molecule has 0 saturated carbocycles. The third-order valence-corrected chi connectivity index (χ3v) is 3.53. The van der Waals surface area contributed by atoms with Crippen LogP contribution in [0.25, 0.3) is 0 Å². The largest absolute Gasteiger partial charge is 0.481 e. The van der Waals surface area contributed by atoms with Gasteiger partial charge >= 0.3 is 11.9 Å². The van der Waals surface area contributed by atoms with E-state index in [1.807, 2.05) is 0 Å². The first kappa shape index (κ1) is 24.8. The molecule has 158 valence electrons. The monoisotopic (exact) mass is 403 g/mol. The molecule has 0 saturated heterocycles. The van der Waals surface area contributed by atoms with Crippen LogP contribution in [0.1, 0.15) is 33.1 Å². The van der Waals surface area contributed by atoms with Crippen molar-refractivity contribution in [3.8, 4) is 0 Å². The Hall–Kier alpha value is -3.22. The molecular formula is C15H25N5O8. The number of hydrogen-bond acceptors (Lipinski definition) is 7. The molecule has 28 heavy (non-hydrogen) atoms. The predicted molar refractivity (Wildman–Crippen MR) is 93.4 cm³/mol. The molecule has 0 bridgehead atoms. The van der Waals surface area contributed by atoms with Gasteiger partial charge in [0, 0.05) is 6.42 Å². The lowest BCUT2D eigenvalue weighted by atomic mass is 10.1. The van der Waals surface area contributed by atoms with Crippen molar-refractivity contribution in [2.24, 2.45) is 11.5 Å². The van der Waals surface area contributed by atoms with Crippen LogP contribution < -0.4 is 27.4 Å². The average molecular weight is 403 g/mol. The number of carbonyl (C=O) groups is 6. The van der Waals surface area contributed by atoms with E-state index < -0.39 is 66.2 Å². The molecule has 13 heteroatoms. The van der Waals surface area contributed by atoms with Crippen LogP contribution in [0.4, 0.5) is 0 Å². The summed E-state index contributed by atoms with van der Waals surface area (Å²) in [6.07, 6.45) is -1.06. The van der Waals surface area contributed by atoms with E-state index in [-0.39, 0.29) is 12.8 Å². The smallest absolute Gasteiger partial charge is 0.326 e. The molecule has 0 aromatic heterocycles. The Morgan fingerprint density at radius 2 is 1.32 bits per heavy atom. The average Bonchev–Trinajstić information content (AvgIpc) is 2.57. The fourth-order valence-electron chi connectivity index (χ4n) is 1.90. The number of nitrogens with two attached hydrogens (primary N) is 2. The van der Waals surface area contributed by atoms with Crippen LogP contribution in [-0.2, 0) is 28.8 Å². The highest BCUT2D eigenvalue weighted by Gasteiger charge is 2.27. The van der Waals surface area contributed by atoms with Crippen molar-refractivity contribution >= 4 is 35.6 Å². The molecule has 4 unspecified atom stereocenters. The van der Waals surface area contributed by atoms with Gasteiger partial charge in [-0.1, -0.05) is 0 Å². The lowest BCUT2D eigenvalue weighted by Gasteiger charge is -2.21. The van der Waals surface area contributed by atoms with Gasteiger partial charge in [0.2, 0.25) is 23.6 Å². The Morgan fingerprint density at radius 1 is 0.857 bits per heavy atom. The van der Waals surface area contributed by atoms with Gasteiger partial charge in [-0.15, -0.1) is 0 Å². The predicted octanol–water partition coefficient (Wildman–Crippen LogP) is -3.37. The first-order valence-electron chi connectivity index (χ1n) is 8.24. The molecule has 0 heterocycles. The number of amides is 4. The minimum Gasteiger partial charge on any atom is -0.481 e. The van der Waals surface area contributed by atoms with Gasteiger partial charge in [-0.05, 0) is 20.3 Å². The molecule has 0 aliphatic heterocycles. The number of primary amides is 1. The molecule has 0 rings (SSSR count). The first-order valence-corrected chi connectivity index (χ1v) is 8.24. The van der Waals surface area contributed by atoms with E-state index in [2.05, 4.69) is 16.0 Å². The van der Waals surface area contributed by atoms with Crippen molar-refractivity contribution in [2.75, 3.05) is 0 Å². The summed E-state index contributed by atoms with van der Waals surface area (Å²) in [5.74, 6) is -5.90. The third kappa shape index (κ3) is 9.47. The van der Waals surface area contributed by atoms with Crippen molar-refractivity contribution < 1.29 is 39.0 Å². The fourth-order valence-corrected chi connectivity index (χ4v) is 1.90. The van der Waals surface area contributed by atoms with Crippen LogP contribution in [0, 0.1) is 0 Å². The number of hydrogen-bond donors (Lipinski definition) is 7. The summed E-state index contributed by atoms with van der Waals surface area (Å²) >= 11 is 0. The zero-order valence-electron chi connectivity index (χ0n) is 15.4. The first-order chi connectivity index (χ1) is 12.8. The maximum absolute atomic E-state index is 12.0. The fraction of sp³-hybridized carbons (Fsp3) is 0.600. The molecule has 0 aliphatic carbocycles. The number of carboxylic acids is 2. The summed E-state index contributed by atoms with van der Waals surface area (Å²) in [6.45, 7) is 2.58.